The lowest BCUT2D eigenvalue weighted by atomic mass is 10.1. The van der Waals surface area contributed by atoms with E-state index in [-0.39, 0.29) is 11.9 Å². The van der Waals surface area contributed by atoms with Gasteiger partial charge < -0.3 is 9.47 Å². The number of aromatic nitrogens is 2. The van der Waals surface area contributed by atoms with Crippen molar-refractivity contribution in [1.29, 1.82) is 0 Å². The summed E-state index contributed by atoms with van der Waals surface area (Å²) < 4.78 is 9.78. The molecule has 136 valence electrons. The predicted octanol–water partition coefficient (Wildman–Crippen LogP) is 3.23. The van der Waals surface area contributed by atoms with E-state index in [4.69, 9.17) is 9.47 Å². The van der Waals surface area contributed by atoms with Crippen molar-refractivity contribution in [2.75, 3.05) is 14.2 Å². The Bertz CT molecular complexity index is 772. The van der Waals surface area contributed by atoms with E-state index < -0.39 is 0 Å². The second-order valence-electron chi connectivity index (χ2n) is 5.64. The fraction of sp³-hybridized carbons (Fsp3) is 0.333. The summed E-state index contributed by atoms with van der Waals surface area (Å²) in [7, 11) is 2.75. The first-order valence-electron chi connectivity index (χ1n) is 7.90. The number of thioether (sulfide) groups is 2. The number of ether oxygens (including phenoxy) is 2. The summed E-state index contributed by atoms with van der Waals surface area (Å²) in [5, 5.41) is 0. The van der Waals surface area contributed by atoms with E-state index in [1.807, 2.05) is 12.1 Å². The minimum atomic E-state index is -0.370. The first kappa shape index (κ1) is 18.7. The maximum absolute atomic E-state index is 12.1. The van der Waals surface area contributed by atoms with Crippen molar-refractivity contribution in [1.82, 2.24) is 9.97 Å². The van der Waals surface area contributed by atoms with Gasteiger partial charge in [0.2, 0.25) is 0 Å². The minimum Gasteiger partial charge on any atom is -0.465 e. The highest BCUT2D eigenvalue weighted by Gasteiger charge is 2.18. The van der Waals surface area contributed by atoms with Crippen LogP contribution in [-0.2, 0) is 32.5 Å². The highest BCUT2D eigenvalue weighted by atomic mass is 32.2. The molecule has 0 N–H and O–H groups in total. The molecule has 0 radical (unpaired) electrons. The number of nitrogens with zero attached hydrogens (tertiary/aromatic N) is 2. The molecule has 0 saturated carbocycles. The molecule has 0 fully saturated rings. The third-order valence-electron chi connectivity index (χ3n) is 3.88. The molecule has 26 heavy (non-hydrogen) atoms. The molecule has 0 amide bonds. The number of rotatable bonds is 2. The Kier molecular flexibility index (Phi) is 6.16. The number of esters is 2. The van der Waals surface area contributed by atoms with Crippen LogP contribution in [0.25, 0.3) is 0 Å². The summed E-state index contributed by atoms with van der Waals surface area (Å²) in [6, 6.07) is 3.67. The summed E-state index contributed by atoms with van der Waals surface area (Å²) in [6.07, 6.45) is 3.58. The van der Waals surface area contributed by atoms with Crippen LogP contribution in [0.5, 0.6) is 0 Å². The number of hydrogen-bond acceptors (Lipinski definition) is 8. The minimum absolute atomic E-state index is 0.370. The lowest BCUT2D eigenvalue weighted by molar-refractivity contribution is 0.0590. The highest BCUT2D eigenvalue weighted by Crippen LogP contribution is 2.26. The molecular formula is C18H18N2O4S2. The van der Waals surface area contributed by atoms with Gasteiger partial charge in [0, 0.05) is 35.4 Å². The van der Waals surface area contributed by atoms with Crippen LogP contribution in [0.4, 0.5) is 0 Å². The van der Waals surface area contributed by atoms with E-state index in [0.717, 1.165) is 11.1 Å². The van der Waals surface area contributed by atoms with E-state index in [0.29, 0.717) is 45.5 Å². The van der Waals surface area contributed by atoms with E-state index >= 15 is 0 Å². The number of hydrogen-bond donors (Lipinski definition) is 0. The van der Waals surface area contributed by atoms with Crippen LogP contribution >= 0.6 is 23.5 Å². The van der Waals surface area contributed by atoms with Crippen molar-refractivity contribution in [3.8, 4) is 0 Å². The van der Waals surface area contributed by atoms with Crippen LogP contribution < -0.4 is 0 Å². The molecule has 6 rings (SSSR count). The zero-order chi connectivity index (χ0) is 18.5. The Hall–Kier alpha value is -2.06. The van der Waals surface area contributed by atoms with Crippen LogP contribution in [0.3, 0.4) is 0 Å². The van der Waals surface area contributed by atoms with Gasteiger partial charge in [0.1, 0.15) is 0 Å². The quantitative estimate of drug-likeness (QED) is 0.723. The third-order valence-corrected chi connectivity index (χ3v) is 5.91. The molecule has 6 nitrogen and oxygen atoms in total. The van der Waals surface area contributed by atoms with Gasteiger partial charge in [0.25, 0.3) is 0 Å². The van der Waals surface area contributed by atoms with Gasteiger partial charge in [0.15, 0.2) is 0 Å². The summed E-state index contributed by atoms with van der Waals surface area (Å²) in [5.74, 6) is 1.68. The molecule has 6 heterocycles. The Labute approximate surface area is 160 Å². The van der Waals surface area contributed by atoms with Crippen molar-refractivity contribution in [3.63, 3.8) is 0 Å². The maximum atomic E-state index is 12.1. The maximum Gasteiger partial charge on any atom is 0.339 e. The molecule has 4 bridgehead atoms. The normalized spacial score (nSPS) is 13.9. The molecule has 4 aliphatic rings. The lowest BCUT2D eigenvalue weighted by Gasteiger charge is -2.13. The first-order valence-corrected chi connectivity index (χ1v) is 10.2. The molecule has 2 aromatic heterocycles. The number of carbonyl (C=O) groups excluding carboxylic acids is 2. The summed E-state index contributed by atoms with van der Waals surface area (Å²) in [4.78, 5) is 33.1. The zero-order valence-electron chi connectivity index (χ0n) is 14.5. The van der Waals surface area contributed by atoms with Gasteiger partial charge >= 0.3 is 11.9 Å². The average Bonchev–Trinajstić information content (AvgIpc) is 2.68. The molecular weight excluding hydrogens is 372 g/mol. The van der Waals surface area contributed by atoms with Crippen LogP contribution in [0.2, 0.25) is 0 Å². The van der Waals surface area contributed by atoms with Gasteiger partial charge in [-0.3, -0.25) is 9.97 Å². The fourth-order valence-corrected chi connectivity index (χ4v) is 4.40. The van der Waals surface area contributed by atoms with Crippen molar-refractivity contribution >= 4 is 35.5 Å². The van der Waals surface area contributed by atoms with E-state index in [1.54, 1.807) is 35.9 Å². The van der Waals surface area contributed by atoms with Crippen molar-refractivity contribution < 1.29 is 19.1 Å². The van der Waals surface area contributed by atoms with E-state index in [1.165, 1.54) is 14.2 Å². The molecule has 0 aliphatic carbocycles. The van der Waals surface area contributed by atoms with Crippen molar-refractivity contribution in [2.24, 2.45) is 0 Å². The van der Waals surface area contributed by atoms with Gasteiger partial charge in [0.05, 0.1) is 36.7 Å². The predicted molar refractivity (Wildman–Crippen MR) is 101 cm³/mol. The van der Waals surface area contributed by atoms with Crippen LogP contribution in [0.15, 0.2) is 24.5 Å². The molecule has 0 saturated heterocycles. The monoisotopic (exact) mass is 390 g/mol. The smallest absolute Gasteiger partial charge is 0.339 e. The van der Waals surface area contributed by atoms with Gasteiger partial charge in [-0.05, 0) is 23.3 Å². The Morgan fingerprint density at radius 1 is 0.808 bits per heavy atom. The highest BCUT2D eigenvalue weighted by molar-refractivity contribution is 7.98. The Morgan fingerprint density at radius 2 is 1.23 bits per heavy atom. The standard InChI is InChI=1S/C18H18N2O4S2/c1-23-17(21)13-3-11-5-19-15(13)9-25-8-12-4-14(18(22)24-2)16(20-6-12)10-26-7-11/h3-6H,7-10H2,1-2H3. The third kappa shape index (κ3) is 4.19. The number of carbonyl (C=O) groups is 2. The molecule has 8 heteroatoms. The Balaban J connectivity index is 1.93. The van der Waals surface area contributed by atoms with Gasteiger partial charge in [-0.25, -0.2) is 9.59 Å². The number of methoxy groups -OCH3 is 2. The molecule has 2 aromatic rings. The SMILES string of the molecule is COC(=O)c1cc2cnc1CSCc1cnc(c(C(=O)OC)c1)CSC2. The topological polar surface area (TPSA) is 78.4 Å². The van der Waals surface area contributed by atoms with Gasteiger partial charge in [-0.1, -0.05) is 0 Å². The molecule has 4 aliphatic heterocycles. The number of pyridine rings is 2. The van der Waals surface area contributed by atoms with Crippen LogP contribution in [0, 0.1) is 0 Å². The fourth-order valence-electron chi connectivity index (χ4n) is 2.57. The lowest BCUT2D eigenvalue weighted by Crippen LogP contribution is -2.10. The summed E-state index contributed by atoms with van der Waals surface area (Å²) >= 11 is 3.20. The largest absolute Gasteiger partial charge is 0.465 e. The van der Waals surface area contributed by atoms with E-state index in [2.05, 4.69) is 9.97 Å². The molecule has 0 spiro atoms. The summed E-state index contributed by atoms with van der Waals surface area (Å²) in [6.45, 7) is 0. The second-order valence-corrected chi connectivity index (χ2v) is 7.62. The van der Waals surface area contributed by atoms with Gasteiger partial charge in [-0.2, -0.15) is 23.5 Å². The van der Waals surface area contributed by atoms with Gasteiger partial charge in [-0.15, -0.1) is 0 Å². The molecule has 0 atom stereocenters. The van der Waals surface area contributed by atoms with Crippen molar-refractivity contribution in [2.45, 2.75) is 23.0 Å². The Morgan fingerprint density at radius 3 is 1.62 bits per heavy atom. The summed E-state index contributed by atoms with van der Waals surface area (Å²) in [5.41, 5.74) is 4.28. The van der Waals surface area contributed by atoms with Crippen molar-refractivity contribution in [3.05, 3.63) is 58.2 Å². The average molecular weight is 390 g/mol. The molecule has 0 aromatic carbocycles. The molecule has 0 unspecified atom stereocenters. The van der Waals surface area contributed by atoms with E-state index in [9.17, 15) is 9.59 Å². The zero-order valence-corrected chi connectivity index (χ0v) is 16.1. The second kappa shape index (κ2) is 8.55. The van der Waals surface area contributed by atoms with Crippen LogP contribution in [-0.4, -0.2) is 36.1 Å². The first-order chi connectivity index (χ1) is 12.6. The van der Waals surface area contributed by atoms with Crippen LogP contribution in [0.1, 0.15) is 43.2 Å².